The Balaban J connectivity index is 1.50. The van der Waals surface area contributed by atoms with Crippen molar-refractivity contribution in [3.8, 4) is 5.75 Å². The molecule has 0 N–H and O–H groups in total. The molecule has 1 aromatic carbocycles. The number of amides is 1. The number of thiazole rings is 1. The average Bonchev–Trinajstić information content (AvgIpc) is 3.31. The topological polar surface area (TPSA) is 54.9 Å². The van der Waals surface area contributed by atoms with Gasteiger partial charge in [-0.25, -0.2) is 4.98 Å². The molecule has 0 spiro atoms. The second-order valence-electron chi connectivity index (χ2n) is 6.40. The number of likely N-dealkylation sites (tertiary alicyclic amines) is 1. The number of hydrogen-bond acceptors (Lipinski definition) is 6. The second-order valence-corrected chi connectivity index (χ2v) is 7.41. The molecule has 0 radical (unpaired) electrons. The smallest absolute Gasteiger partial charge is 0.253 e. The monoisotopic (exact) mass is 361 g/mol. The molecule has 7 heteroatoms. The van der Waals surface area contributed by atoms with Gasteiger partial charge in [-0.15, -0.1) is 0 Å². The van der Waals surface area contributed by atoms with Crippen molar-refractivity contribution in [2.75, 3.05) is 44.3 Å². The van der Waals surface area contributed by atoms with Crippen molar-refractivity contribution < 1.29 is 14.3 Å². The van der Waals surface area contributed by atoms with E-state index >= 15 is 0 Å². The van der Waals surface area contributed by atoms with E-state index in [1.165, 1.54) is 0 Å². The van der Waals surface area contributed by atoms with Crippen molar-refractivity contribution >= 4 is 32.6 Å². The Bertz CT molecular complexity index is 757. The summed E-state index contributed by atoms with van der Waals surface area (Å²) in [6, 6.07) is 5.98. The Kier molecular flexibility index (Phi) is 4.76. The summed E-state index contributed by atoms with van der Waals surface area (Å²) in [4.78, 5) is 21.4. The van der Waals surface area contributed by atoms with E-state index < -0.39 is 0 Å². The highest BCUT2D eigenvalue weighted by Gasteiger charge is 2.32. The molecule has 134 valence electrons. The van der Waals surface area contributed by atoms with Gasteiger partial charge in [0.2, 0.25) is 0 Å². The Hall–Kier alpha value is -1.86. The molecular weight excluding hydrogens is 338 g/mol. The summed E-state index contributed by atoms with van der Waals surface area (Å²) in [5.41, 5.74) is 0.970. The van der Waals surface area contributed by atoms with Gasteiger partial charge in [0.05, 0.1) is 30.0 Å². The molecule has 25 heavy (non-hydrogen) atoms. The number of rotatable bonds is 4. The second kappa shape index (κ2) is 7.17. The standard InChI is InChI=1S/C18H23N3O3S/c1-2-23-13-5-6-14-16(11-13)25-18(19-14)21-9-10-24-15(12-21)17(22)20-7-3-4-8-20/h5-6,11,15H,2-4,7-10,12H2,1H3. The fourth-order valence-corrected chi connectivity index (χ4v) is 4.43. The first-order chi connectivity index (χ1) is 12.2. The summed E-state index contributed by atoms with van der Waals surface area (Å²) in [5.74, 6) is 0.996. The number of morpholine rings is 1. The van der Waals surface area contributed by atoms with Crippen LogP contribution in [0.5, 0.6) is 5.75 Å². The Morgan fingerprint density at radius 3 is 3.00 bits per heavy atom. The molecule has 1 amide bonds. The SMILES string of the molecule is CCOc1ccc2nc(N3CCOC(C(=O)N4CCCC4)C3)sc2c1. The maximum atomic E-state index is 12.6. The van der Waals surface area contributed by atoms with Crippen molar-refractivity contribution in [1.29, 1.82) is 0 Å². The average molecular weight is 361 g/mol. The van der Waals surface area contributed by atoms with Gasteiger partial charge in [-0.2, -0.15) is 0 Å². The van der Waals surface area contributed by atoms with Crippen LogP contribution in [-0.2, 0) is 9.53 Å². The van der Waals surface area contributed by atoms with E-state index in [0.29, 0.717) is 19.8 Å². The maximum Gasteiger partial charge on any atom is 0.253 e. The number of fused-ring (bicyclic) bond motifs is 1. The molecule has 4 rings (SSSR count). The van der Waals surface area contributed by atoms with Crippen LogP contribution in [0.1, 0.15) is 19.8 Å². The summed E-state index contributed by atoms with van der Waals surface area (Å²) < 4.78 is 12.4. The molecule has 0 bridgehead atoms. The molecule has 6 nitrogen and oxygen atoms in total. The lowest BCUT2D eigenvalue weighted by Crippen LogP contribution is -2.50. The van der Waals surface area contributed by atoms with E-state index in [9.17, 15) is 4.79 Å². The van der Waals surface area contributed by atoms with E-state index in [0.717, 1.165) is 53.6 Å². The summed E-state index contributed by atoms with van der Waals surface area (Å²) >= 11 is 1.64. The van der Waals surface area contributed by atoms with Gasteiger partial charge in [-0.1, -0.05) is 11.3 Å². The number of aromatic nitrogens is 1. The molecule has 1 atom stereocenters. The molecule has 2 saturated heterocycles. The first-order valence-electron chi connectivity index (χ1n) is 8.93. The maximum absolute atomic E-state index is 12.6. The first-order valence-corrected chi connectivity index (χ1v) is 9.75. The number of carbonyl (C=O) groups excluding carboxylic acids is 1. The van der Waals surface area contributed by atoms with Gasteiger partial charge in [-0.05, 0) is 38.0 Å². The van der Waals surface area contributed by atoms with E-state index in [2.05, 4.69) is 4.90 Å². The number of ether oxygens (including phenoxy) is 2. The minimum absolute atomic E-state index is 0.127. The van der Waals surface area contributed by atoms with E-state index in [1.54, 1.807) is 11.3 Å². The first kappa shape index (κ1) is 16.6. The van der Waals surface area contributed by atoms with Gasteiger partial charge in [0, 0.05) is 19.6 Å². The highest BCUT2D eigenvalue weighted by Crippen LogP contribution is 2.32. The van der Waals surface area contributed by atoms with Crippen LogP contribution >= 0.6 is 11.3 Å². The number of nitrogens with zero attached hydrogens (tertiary/aromatic N) is 3. The van der Waals surface area contributed by atoms with Crippen molar-refractivity contribution in [2.24, 2.45) is 0 Å². The fraction of sp³-hybridized carbons (Fsp3) is 0.556. The number of hydrogen-bond donors (Lipinski definition) is 0. The van der Waals surface area contributed by atoms with E-state index in [-0.39, 0.29) is 12.0 Å². The third kappa shape index (κ3) is 3.43. The van der Waals surface area contributed by atoms with Gasteiger partial charge >= 0.3 is 0 Å². The lowest BCUT2D eigenvalue weighted by molar-refractivity contribution is -0.143. The van der Waals surface area contributed by atoms with Gasteiger partial charge in [0.25, 0.3) is 5.91 Å². The van der Waals surface area contributed by atoms with Crippen molar-refractivity contribution in [2.45, 2.75) is 25.9 Å². The predicted molar refractivity (Wildman–Crippen MR) is 98.6 cm³/mol. The number of anilines is 1. The van der Waals surface area contributed by atoms with Crippen LogP contribution in [0.15, 0.2) is 18.2 Å². The lowest BCUT2D eigenvalue weighted by Gasteiger charge is -2.33. The number of carbonyl (C=O) groups is 1. The van der Waals surface area contributed by atoms with Crippen LogP contribution in [0.2, 0.25) is 0 Å². The van der Waals surface area contributed by atoms with Gasteiger partial charge < -0.3 is 19.3 Å². The molecule has 1 unspecified atom stereocenters. The third-order valence-corrected chi connectivity index (χ3v) is 5.77. The summed E-state index contributed by atoms with van der Waals surface area (Å²) in [6.45, 7) is 6.26. The van der Waals surface area contributed by atoms with Crippen LogP contribution in [0.4, 0.5) is 5.13 Å². The molecule has 3 heterocycles. The predicted octanol–water partition coefficient (Wildman–Crippen LogP) is 2.52. The Morgan fingerprint density at radius 1 is 1.36 bits per heavy atom. The molecule has 2 aliphatic heterocycles. The van der Waals surface area contributed by atoms with Gasteiger partial charge in [0.15, 0.2) is 11.2 Å². The number of benzene rings is 1. The minimum Gasteiger partial charge on any atom is -0.494 e. The van der Waals surface area contributed by atoms with Crippen LogP contribution in [0, 0.1) is 0 Å². The Labute approximate surface area is 151 Å². The van der Waals surface area contributed by atoms with Crippen molar-refractivity contribution in [3.63, 3.8) is 0 Å². The van der Waals surface area contributed by atoms with Crippen LogP contribution in [0.3, 0.4) is 0 Å². The van der Waals surface area contributed by atoms with Gasteiger partial charge in [0.1, 0.15) is 5.75 Å². The minimum atomic E-state index is -0.377. The summed E-state index contributed by atoms with van der Waals surface area (Å²) in [5, 5.41) is 0.950. The van der Waals surface area contributed by atoms with Crippen LogP contribution in [0.25, 0.3) is 10.2 Å². The van der Waals surface area contributed by atoms with Gasteiger partial charge in [-0.3, -0.25) is 4.79 Å². The molecular formula is C18H23N3O3S. The highest BCUT2D eigenvalue weighted by molar-refractivity contribution is 7.22. The largest absolute Gasteiger partial charge is 0.494 e. The molecule has 2 fully saturated rings. The van der Waals surface area contributed by atoms with E-state index in [1.807, 2.05) is 30.0 Å². The molecule has 0 saturated carbocycles. The lowest BCUT2D eigenvalue weighted by atomic mass is 10.2. The zero-order chi connectivity index (χ0) is 17.2. The molecule has 2 aliphatic rings. The third-order valence-electron chi connectivity index (χ3n) is 4.69. The zero-order valence-corrected chi connectivity index (χ0v) is 15.3. The zero-order valence-electron chi connectivity index (χ0n) is 14.4. The van der Waals surface area contributed by atoms with Crippen molar-refractivity contribution in [3.05, 3.63) is 18.2 Å². The van der Waals surface area contributed by atoms with Crippen LogP contribution in [-0.4, -0.2) is 61.3 Å². The normalized spacial score (nSPS) is 21.1. The van der Waals surface area contributed by atoms with Crippen molar-refractivity contribution in [1.82, 2.24) is 9.88 Å². The molecule has 2 aromatic rings. The molecule has 1 aromatic heterocycles. The summed E-state index contributed by atoms with van der Waals surface area (Å²) in [6.07, 6.45) is 1.82. The quantitative estimate of drug-likeness (QED) is 0.838. The summed E-state index contributed by atoms with van der Waals surface area (Å²) in [7, 11) is 0. The van der Waals surface area contributed by atoms with Crippen LogP contribution < -0.4 is 9.64 Å². The Morgan fingerprint density at radius 2 is 2.20 bits per heavy atom. The van der Waals surface area contributed by atoms with E-state index in [4.69, 9.17) is 14.5 Å². The molecule has 0 aliphatic carbocycles. The fourth-order valence-electron chi connectivity index (χ4n) is 3.40. The highest BCUT2D eigenvalue weighted by atomic mass is 32.1.